The first-order chi connectivity index (χ1) is 18.4. The van der Waals surface area contributed by atoms with Crippen molar-refractivity contribution in [3.63, 3.8) is 0 Å². The summed E-state index contributed by atoms with van der Waals surface area (Å²) in [6, 6.07) is 6.31. The third kappa shape index (κ3) is 8.81. The van der Waals surface area contributed by atoms with Gasteiger partial charge >= 0.3 is 12.1 Å². The largest absolute Gasteiger partial charge is 0.453 e. The van der Waals surface area contributed by atoms with E-state index in [0.29, 0.717) is 19.6 Å². The number of amides is 3. The molecule has 3 rings (SSSR count). The third-order valence-electron chi connectivity index (χ3n) is 7.88. The van der Waals surface area contributed by atoms with Crippen LogP contribution < -0.4 is 16.0 Å². The number of hydrogen-bond donors (Lipinski definition) is 3. The number of rotatable bonds is 13. The molecule has 1 aliphatic carbocycles. The molecule has 0 bridgehead atoms. The Morgan fingerprint density at radius 2 is 2.00 bits per heavy atom. The summed E-state index contributed by atoms with van der Waals surface area (Å²) in [4.78, 5) is 26.6. The zero-order valence-corrected chi connectivity index (χ0v) is 23.1. The van der Waals surface area contributed by atoms with Crippen LogP contribution in [-0.4, -0.2) is 82.7 Å². The van der Waals surface area contributed by atoms with Gasteiger partial charge in [0.25, 0.3) is 0 Å². The lowest BCUT2D eigenvalue weighted by molar-refractivity contribution is -0.0151. The number of likely N-dealkylation sites (tertiary alicyclic amines) is 1. The lowest BCUT2D eigenvalue weighted by atomic mass is 9.88. The van der Waals surface area contributed by atoms with E-state index in [1.54, 1.807) is 13.2 Å². The molecule has 1 heterocycles. The highest BCUT2D eigenvalue weighted by molar-refractivity contribution is 5.74. The van der Waals surface area contributed by atoms with Gasteiger partial charge in [-0.3, -0.25) is 0 Å². The Labute approximate surface area is 226 Å². The van der Waals surface area contributed by atoms with Gasteiger partial charge in [-0.25, -0.2) is 14.0 Å². The molecule has 3 amide bonds. The molecule has 1 aromatic carbocycles. The predicted molar refractivity (Wildman–Crippen MR) is 143 cm³/mol. The van der Waals surface area contributed by atoms with Crippen molar-refractivity contribution in [1.29, 1.82) is 0 Å². The minimum atomic E-state index is -0.531. The summed E-state index contributed by atoms with van der Waals surface area (Å²) in [5.74, 6) is -0.340. The van der Waals surface area contributed by atoms with Gasteiger partial charge in [0, 0.05) is 45.2 Å². The van der Waals surface area contributed by atoms with E-state index in [0.717, 1.165) is 44.1 Å². The van der Waals surface area contributed by atoms with Gasteiger partial charge in [-0.1, -0.05) is 25.0 Å². The fourth-order valence-corrected chi connectivity index (χ4v) is 5.79. The van der Waals surface area contributed by atoms with Gasteiger partial charge in [-0.05, 0) is 63.3 Å². The second-order valence-corrected chi connectivity index (χ2v) is 10.5. The molecule has 10 heteroatoms. The second kappa shape index (κ2) is 15.2. The van der Waals surface area contributed by atoms with Crippen LogP contribution in [0, 0.1) is 11.7 Å². The number of carbonyl (C=O) groups is 2. The van der Waals surface area contributed by atoms with Crippen LogP contribution in [0.1, 0.15) is 63.0 Å². The van der Waals surface area contributed by atoms with E-state index in [-0.39, 0.29) is 42.6 Å². The van der Waals surface area contributed by atoms with Crippen molar-refractivity contribution in [2.75, 3.05) is 54.1 Å². The van der Waals surface area contributed by atoms with Crippen molar-refractivity contribution in [2.45, 2.75) is 69.1 Å². The van der Waals surface area contributed by atoms with E-state index in [1.807, 2.05) is 18.0 Å². The van der Waals surface area contributed by atoms with E-state index in [2.05, 4.69) is 20.7 Å². The number of piperidine rings is 1. The van der Waals surface area contributed by atoms with Crippen molar-refractivity contribution >= 4 is 12.1 Å². The Morgan fingerprint density at radius 1 is 1.21 bits per heavy atom. The molecule has 38 heavy (non-hydrogen) atoms. The average molecular weight is 537 g/mol. The normalized spacial score (nSPS) is 20.5. The topological polar surface area (TPSA) is 101 Å². The van der Waals surface area contributed by atoms with Crippen LogP contribution in [0.15, 0.2) is 24.3 Å². The molecule has 214 valence electrons. The molecule has 3 atom stereocenters. The molecule has 9 nitrogen and oxygen atoms in total. The average Bonchev–Trinajstić information content (AvgIpc) is 3.41. The minimum absolute atomic E-state index is 0.000152. The van der Waals surface area contributed by atoms with Crippen LogP contribution in [0.2, 0.25) is 0 Å². The number of methoxy groups -OCH3 is 2. The quantitative estimate of drug-likeness (QED) is 0.330. The molecule has 1 unspecified atom stereocenters. The molecule has 0 radical (unpaired) electrons. The van der Waals surface area contributed by atoms with Crippen LogP contribution in [-0.2, 0) is 14.2 Å². The zero-order chi connectivity index (χ0) is 27.4. The van der Waals surface area contributed by atoms with E-state index >= 15 is 0 Å². The Kier molecular flexibility index (Phi) is 12.1. The first-order valence-corrected chi connectivity index (χ1v) is 13.8. The van der Waals surface area contributed by atoms with Gasteiger partial charge in [-0.2, -0.15) is 0 Å². The smallest absolute Gasteiger partial charge is 0.406 e. The van der Waals surface area contributed by atoms with Crippen molar-refractivity contribution in [3.8, 4) is 0 Å². The summed E-state index contributed by atoms with van der Waals surface area (Å²) < 4.78 is 30.7. The number of nitrogens with one attached hydrogen (secondary N) is 3. The molecule has 0 spiro atoms. The zero-order valence-electron chi connectivity index (χ0n) is 23.1. The van der Waals surface area contributed by atoms with E-state index < -0.39 is 12.2 Å². The summed E-state index contributed by atoms with van der Waals surface area (Å²) in [5.41, 5.74) is 0.662. The van der Waals surface area contributed by atoms with Crippen LogP contribution in [0.4, 0.5) is 14.0 Å². The van der Waals surface area contributed by atoms with E-state index in [4.69, 9.17) is 9.47 Å². The van der Waals surface area contributed by atoms with Gasteiger partial charge < -0.3 is 35.1 Å². The predicted octanol–water partition coefficient (Wildman–Crippen LogP) is 3.99. The maximum atomic E-state index is 14.1. The monoisotopic (exact) mass is 536 g/mol. The number of benzene rings is 1. The fourth-order valence-electron chi connectivity index (χ4n) is 5.79. The summed E-state index contributed by atoms with van der Waals surface area (Å²) in [7, 11) is 5.00. The number of nitrogens with zero attached hydrogens (tertiary/aromatic N) is 1. The second-order valence-electron chi connectivity index (χ2n) is 10.5. The van der Waals surface area contributed by atoms with Gasteiger partial charge in [0.05, 0.1) is 25.4 Å². The van der Waals surface area contributed by atoms with Crippen molar-refractivity contribution in [3.05, 3.63) is 35.6 Å². The molecule has 1 saturated heterocycles. The molecule has 1 saturated carbocycles. The van der Waals surface area contributed by atoms with Crippen molar-refractivity contribution < 1.29 is 28.2 Å². The minimum Gasteiger partial charge on any atom is -0.453 e. The highest BCUT2D eigenvalue weighted by Crippen LogP contribution is 2.37. The number of hydrogen-bond acceptors (Lipinski definition) is 6. The van der Waals surface area contributed by atoms with Gasteiger partial charge in [-0.15, -0.1) is 0 Å². The maximum Gasteiger partial charge on any atom is 0.406 e. The number of carbonyl (C=O) groups excluding carboxylic acids is 2. The van der Waals surface area contributed by atoms with Crippen molar-refractivity contribution in [2.24, 2.45) is 5.92 Å². The Balaban J connectivity index is 1.62. The Morgan fingerprint density at radius 3 is 2.68 bits per heavy atom. The number of likely N-dealkylation sites (N-methyl/N-ethyl adjacent to an activating group) is 1. The third-order valence-corrected chi connectivity index (χ3v) is 7.88. The summed E-state index contributed by atoms with van der Waals surface area (Å²) in [6.07, 6.45) is 7.06. The first kappa shape index (κ1) is 30.1. The number of ether oxygens (including phenoxy) is 3. The molecular formula is C28H45FN4O5. The molecule has 0 aromatic heterocycles. The molecule has 2 aliphatic rings. The van der Waals surface area contributed by atoms with Gasteiger partial charge in [0.15, 0.2) is 0 Å². The van der Waals surface area contributed by atoms with E-state index in [1.165, 1.54) is 32.1 Å². The summed E-state index contributed by atoms with van der Waals surface area (Å²) in [5, 5.41) is 9.05. The lowest BCUT2D eigenvalue weighted by Gasteiger charge is -2.38. The number of alkyl carbamates (subject to hydrolysis) is 1. The number of urea groups is 1. The first-order valence-electron chi connectivity index (χ1n) is 13.8. The van der Waals surface area contributed by atoms with Crippen LogP contribution in [0.25, 0.3) is 0 Å². The highest BCUT2D eigenvalue weighted by atomic mass is 19.1. The number of halogens is 1. The molecule has 1 aromatic rings. The lowest BCUT2D eigenvalue weighted by Crippen LogP contribution is -2.51. The van der Waals surface area contributed by atoms with E-state index in [9.17, 15) is 14.0 Å². The SMILES string of the molecule is CNC[C@H](CCC1(OC)CCCC1)NC(=O)N1CCC[C@@H](C(OCCNC(=O)OC)c2cccc(F)c2)C1. The standard InChI is InChI=1S/C28H45FN4O5/c1-30-19-24(11-14-28(37-3)12-4-5-13-28)32-26(34)33-16-7-9-22(20-33)25(21-8-6-10-23(29)18-21)38-17-15-31-27(35)36-2/h6,8,10,18,22,24-25,30H,4-5,7,9,11-17,19-20H2,1-3H3,(H,31,35)(H,32,34)/t22-,24+,25?/m1/s1. The van der Waals surface area contributed by atoms with Gasteiger partial charge in [0.2, 0.25) is 0 Å². The Hall–Kier alpha value is -2.43. The molecule has 3 N–H and O–H groups in total. The molecular weight excluding hydrogens is 491 g/mol. The van der Waals surface area contributed by atoms with Crippen LogP contribution in [0.3, 0.4) is 0 Å². The van der Waals surface area contributed by atoms with Crippen LogP contribution >= 0.6 is 0 Å². The fraction of sp³-hybridized carbons (Fsp3) is 0.714. The van der Waals surface area contributed by atoms with Gasteiger partial charge in [0.1, 0.15) is 5.82 Å². The summed E-state index contributed by atoms with van der Waals surface area (Å²) >= 11 is 0. The highest BCUT2D eigenvalue weighted by Gasteiger charge is 2.35. The molecule has 1 aliphatic heterocycles. The Bertz CT molecular complexity index is 883. The summed E-state index contributed by atoms with van der Waals surface area (Å²) in [6.45, 7) is 2.36. The van der Waals surface area contributed by atoms with Crippen LogP contribution in [0.5, 0.6) is 0 Å². The van der Waals surface area contributed by atoms with Crippen molar-refractivity contribution in [1.82, 2.24) is 20.9 Å². The maximum absolute atomic E-state index is 14.1. The molecule has 2 fully saturated rings.